The van der Waals surface area contributed by atoms with E-state index in [2.05, 4.69) is 55.4 Å². The van der Waals surface area contributed by atoms with Gasteiger partial charge in [-0.25, -0.2) is 5.43 Å². The predicted molar refractivity (Wildman–Crippen MR) is 83.4 cm³/mol. The molecule has 0 radical (unpaired) electrons. The van der Waals surface area contributed by atoms with Gasteiger partial charge < -0.3 is 4.90 Å². The van der Waals surface area contributed by atoms with Gasteiger partial charge in [-0.05, 0) is 49.4 Å². The highest BCUT2D eigenvalue weighted by Crippen LogP contribution is 2.42. The molecule has 0 saturated heterocycles. The summed E-state index contributed by atoms with van der Waals surface area (Å²) in [6.07, 6.45) is 2.82. The van der Waals surface area contributed by atoms with Gasteiger partial charge in [-0.3, -0.25) is 4.79 Å². The van der Waals surface area contributed by atoms with Crippen LogP contribution >= 0.6 is 0 Å². The third-order valence-corrected chi connectivity index (χ3v) is 4.09. The van der Waals surface area contributed by atoms with Gasteiger partial charge in [-0.2, -0.15) is 5.10 Å². The second-order valence-electron chi connectivity index (χ2n) is 6.22. The van der Waals surface area contributed by atoms with Crippen molar-refractivity contribution in [3.8, 4) is 0 Å². The Morgan fingerprint density at radius 2 is 2.20 bits per heavy atom. The fourth-order valence-corrected chi connectivity index (χ4v) is 2.87. The third kappa shape index (κ3) is 2.84. The maximum absolute atomic E-state index is 10.8. The second-order valence-corrected chi connectivity index (χ2v) is 6.22. The lowest BCUT2D eigenvalue weighted by Crippen LogP contribution is -2.45. The number of anilines is 1. The fourth-order valence-electron chi connectivity index (χ4n) is 2.87. The standard InChI is InChI=1S/C16H23N3O/c1-11-9-16(3,4)19(5)15-7-6-13(8-14(11)15)10-17-18-12(2)20/h6-8,10-11H,9H2,1-5H3,(H,18,20)/b17-10-/t11-/m0/s1. The highest BCUT2D eigenvalue weighted by atomic mass is 16.2. The molecule has 1 aromatic rings. The Morgan fingerprint density at radius 3 is 2.85 bits per heavy atom. The SMILES string of the molecule is CC(=O)N/N=C\c1ccc2c(c1)[C@@H](C)CC(C)(C)N2C. The quantitative estimate of drug-likeness (QED) is 0.665. The lowest BCUT2D eigenvalue weighted by atomic mass is 9.80. The maximum Gasteiger partial charge on any atom is 0.236 e. The Labute approximate surface area is 120 Å². The molecule has 1 aliphatic heterocycles. The first kappa shape index (κ1) is 14.6. The first-order chi connectivity index (χ1) is 9.31. The molecule has 0 saturated carbocycles. The lowest BCUT2D eigenvalue weighted by molar-refractivity contribution is -0.118. The van der Waals surface area contributed by atoms with Crippen LogP contribution in [0.15, 0.2) is 23.3 Å². The molecule has 1 N–H and O–H groups in total. The topological polar surface area (TPSA) is 44.7 Å². The summed E-state index contributed by atoms with van der Waals surface area (Å²) in [5, 5.41) is 3.92. The zero-order chi connectivity index (χ0) is 14.9. The van der Waals surface area contributed by atoms with Gasteiger partial charge in [0.2, 0.25) is 5.91 Å². The molecule has 1 atom stereocenters. The molecule has 1 heterocycles. The van der Waals surface area contributed by atoms with E-state index in [0.29, 0.717) is 5.92 Å². The first-order valence-corrected chi connectivity index (χ1v) is 6.98. The monoisotopic (exact) mass is 273 g/mol. The van der Waals surface area contributed by atoms with Crippen LogP contribution in [0.2, 0.25) is 0 Å². The van der Waals surface area contributed by atoms with Gasteiger partial charge >= 0.3 is 0 Å². The van der Waals surface area contributed by atoms with Crippen LogP contribution in [0.4, 0.5) is 5.69 Å². The van der Waals surface area contributed by atoms with Crippen LogP contribution in [-0.4, -0.2) is 24.7 Å². The average Bonchev–Trinajstić information content (AvgIpc) is 2.35. The van der Waals surface area contributed by atoms with Gasteiger partial charge in [-0.15, -0.1) is 0 Å². The summed E-state index contributed by atoms with van der Waals surface area (Å²) < 4.78 is 0. The van der Waals surface area contributed by atoms with Gasteiger partial charge in [0.25, 0.3) is 0 Å². The number of hydrazone groups is 1. The Bertz CT molecular complexity index is 549. The molecule has 1 amide bonds. The van der Waals surface area contributed by atoms with Crippen LogP contribution in [0.25, 0.3) is 0 Å². The number of amides is 1. The molecule has 0 bridgehead atoms. The Hall–Kier alpha value is -1.84. The van der Waals surface area contributed by atoms with Crippen molar-refractivity contribution in [2.75, 3.05) is 11.9 Å². The van der Waals surface area contributed by atoms with Crippen molar-refractivity contribution in [1.29, 1.82) is 0 Å². The van der Waals surface area contributed by atoms with E-state index in [1.165, 1.54) is 18.2 Å². The normalized spacial score (nSPS) is 20.9. The van der Waals surface area contributed by atoms with Gasteiger partial charge in [0, 0.05) is 25.2 Å². The number of hydrogen-bond donors (Lipinski definition) is 1. The van der Waals surface area contributed by atoms with Crippen LogP contribution in [0.1, 0.15) is 51.2 Å². The molecular formula is C16H23N3O. The molecular weight excluding hydrogens is 250 g/mol. The number of benzene rings is 1. The van der Waals surface area contributed by atoms with E-state index in [4.69, 9.17) is 0 Å². The van der Waals surface area contributed by atoms with E-state index < -0.39 is 0 Å². The van der Waals surface area contributed by atoms with Crippen molar-refractivity contribution in [3.05, 3.63) is 29.3 Å². The fraction of sp³-hybridized carbons (Fsp3) is 0.500. The summed E-state index contributed by atoms with van der Waals surface area (Å²) in [5.41, 5.74) is 6.25. The van der Waals surface area contributed by atoms with Crippen LogP contribution in [-0.2, 0) is 4.79 Å². The van der Waals surface area contributed by atoms with Crippen molar-refractivity contribution in [2.24, 2.45) is 5.10 Å². The van der Waals surface area contributed by atoms with Crippen LogP contribution < -0.4 is 10.3 Å². The maximum atomic E-state index is 10.8. The third-order valence-electron chi connectivity index (χ3n) is 4.09. The van der Waals surface area contributed by atoms with E-state index in [1.807, 2.05) is 6.07 Å². The van der Waals surface area contributed by atoms with E-state index in [0.717, 1.165) is 12.0 Å². The van der Waals surface area contributed by atoms with Crippen molar-refractivity contribution < 1.29 is 4.79 Å². The van der Waals surface area contributed by atoms with Gasteiger partial charge in [0.05, 0.1) is 6.21 Å². The van der Waals surface area contributed by atoms with Gasteiger partial charge in [-0.1, -0.05) is 13.0 Å². The minimum Gasteiger partial charge on any atom is -0.369 e. The van der Waals surface area contributed by atoms with E-state index >= 15 is 0 Å². The van der Waals surface area contributed by atoms with Crippen molar-refractivity contribution in [3.63, 3.8) is 0 Å². The summed E-state index contributed by atoms with van der Waals surface area (Å²) in [6.45, 7) is 8.27. The molecule has 0 spiro atoms. The molecule has 20 heavy (non-hydrogen) atoms. The summed E-state index contributed by atoms with van der Waals surface area (Å²) in [4.78, 5) is 13.1. The van der Waals surface area contributed by atoms with Crippen molar-refractivity contribution >= 4 is 17.8 Å². The number of carbonyl (C=O) groups is 1. The van der Waals surface area contributed by atoms with Gasteiger partial charge in [0.15, 0.2) is 0 Å². The molecule has 108 valence electrons. The molecule has 1 aliphatic rings. The molecule has 0 aromatic heterocycles. The zero-order valence-electron chi connectivity index (χ0n) is 12.9. The summed E-state index contributed by atoms with van der Waals surface area (Å²) >= 11 is 0. The summed E-state index contributed by atoms with van der Waals surface area (Å²) in [6, 6.07) is 6.34. The van der Waals surface area contributed by atoms with Crippen LogP contribution in [0.5, 0.6) is 0 Å². The molecule has 4 heteroatoms. The summed E-state index contributed by atoms with van der Waals surface area (Å²) in [5.74, 6) is 0.361. The molecule has 0 aliphatic carbocycles. The number of nitrogens with zero attached hydrogens (tertiary/aromatic N) is 2. The molecule has 0 fully saturated rings. The molecule has 4 nitrogen and oxygen atoms in total. The average molecular weight is 273 g/mol. The highest BCUT2D eigenvalue weighted by Gasteiger charge is 2.33. The Balaban J connectivity index is 2.30. The summed E-state index contributed by atoms with van der Waals surface area (Å²) in [7, 11) is 2.15. The van der Waals surface area contributed by atoms with Crippen LogP contribution in [0.3, 0.4) is 0 Å². The van der Waals surface area contributed by atoms with Gasteiger partial charge in [0.1, 0.15) is 0 Å². The largest absolute Gasteiger partial charge is 0.369 e. The number of rotatable bonds is 2. The second kappa shape index (κ2) is 5.27. The Kier molecular flexibility index (Phi) is 3.84. The van der Waals surface area contributed by atoms with E-state index in [1.54, 1.807) is 6.21 Å². The molecule has 0 unspecified atom stereocenters. The minimum absolute atomic E-state index is 0.158. The number of carbonyl (C=O) groups excluding carboxylic acids is 1. The number of nitrogens with one attached hydrogen (secondary N) is 1. The van der Waals surface area contributed by atoms with Crippen LogP contribution in [0, 0.1) is 0 Å². The minimum atomic E-state index is -0.158. The van der Waals surface area contributed by atoms with Crippen molar-refractivity contribution in [1.82, 2.24) is 5.43 Å². The lowest BCUT2D eigenvalue weighted by Gasteiger charge is -2.45. The molecule has 1 aromatic carbocycles. The predicted octanol–water partition coefficient (Wildman–Crippen LogP) is 2.88. The van der Waals surface area contributed by atoms with Crippen molar-refractivity contribution in [2.45, 2.75) is 45.6 Å². The number of fused-ring (bicyclic) bond motifs is 1. The first-order valence-electron chi connectivity index (χ1n) is 6.98. The van der Waals surface area contributed by atoms with E-state index in [9.17, 15) is 4.79 Å². The Morgan fingerprint density at radius 1 is 1.50 bits per heavy atom. The smallest absolute Gasteiger partial charge is 0.236 e. The highest BCUT2D eigenvalue weighted by molar-refractivity contribution is 5.83. The van der Waals surface area contributed by atoms with E-state index in [-0.39, 0.29) is 11.4 Å². The molecule has 2 rings (SSSR count). The zero-order valence-corrected chi connectivity index (χ0v) is 12.9. The number of hydrogen-bond acceptors (Lipinski definition) is 3.